The molecule has 94 valence electrons. The van der Waals surface area contributed by atoms with E-state index in [9.17, 15) is 0 Å². The van der Waals surface area contributed by atoms with Gasteiger partial charge in [-0.2, -0.15) is 0 Å². The lowest BCUT2D eigenvalue weighted by Gasteiger charge is -2.24. The molecule has 0 amide bonds. The Balaban J connectivity index is 2.12. The summed E-state index contributed by atoms with van der Waals surface area (Å²) >= 11 is 3.68. The van der Waals surface area contributed by atoms with Gasteiger partial charge in [0.2, 0.25) is 0 Å². The summed E-state index contributed by atoms with van der Waals surface area (Å²) in [4.78, 5) is 2.50. The monoisotopic (exact) mass is 296 g/mol. The van der Waals surface area contributed by atoms with Gasteiger partial charge in [-0.3, -0.25) is 0 Å². The maximum atomic E-state index is 3.68. The number of halogens is 1. The summed E-state index contributed by atoms with van der Waals surface area (Å²) in [6, 6.07) is 7.42. The molecule has 1 fully saturated rings. The molecule has 17 heavy (non-hydrogen) atoms. The molecule has 1 aliphatic heterocycles. The predicted octanol–water partition coefficient (Wildman–Crippen LogP) is 3.55. The van der Waals surface area contributed by atoms with E-state index < -0.39 is 0 Å². The lowest BCUT2D eigenvalue weighted by molar-refractivity contribution is 0.721. The normalized spacial score (nSPS) is 19.9. The van der Waals surface area contributed by atoms with E-state index in [0.717, 1.165) is 13.1 Å². The van der Waals surface area contributed by atoms with Crippen LogP contribution in [-0.2, 0) is 6.54 Å². The number of benzene rings is 1. The van der Waals surface area contributed by atoms with Crippen LogP contribution in [-0.4, -0.2) is 19.1 Å². The van der Waals surface area contributed by atoms with Gasteiger partial charge in [-0.25, -0.2) is 0 Å². The van der Waals surface area contributed by atoms with Crippen molar-refractivity contribution in [2.24, 2.45) is 0 Å². The van der Waals surface area contributed by atoms with Crippen LogP contribution in [0.4, 0.5) is 5.69 Å². The van der Waals surface area contributed by atoms with Crippen LogP contribution in [0.15, 0.2) is 22.7 Å². The Hall–Kier alpha value is -0.540. The van der Waals surface area contributed by atoms with Gasteiger partial charge < -0.3 is 10.2 Å². The maximum Gasteiger partial charge on any atom is 0.0380 e. The van der Waals surface area contributed by atoms with Crippen molar-refractivity contribution in [3.8, 4) is 0 Å². The summed E-state index contributed by atoms with van der Waals surface area (Å²) in [5.41, 5.74) is 2.68. The minimum absolute atomic E-state index is 0.682. The highest BCUT2D eigenvalue weighted by Gasteiger charge is 2.20. The Morgan fingerprint density at radius 3 is 2.88 bits per heavy atom. The third-order valence-corrected chi connectivity index (χ3v) is 4.22. The standard InChI is InChI=1S/C14H21BrN2/c1-3-16-10-12-6-7-13(9-14(12)15)17-8-4-5-11(17)2/h6-7,9,11,16H,3-5,8,10H2,1-2H3. The number of rotatable bonds is 4. The summed E-state index contributed by atoms with van der Waals surface area (Å²) in [5, 5.41) is 3.36. The Bertz CT molecular complexity index is 378. The fourth-order valence-corrected chi connectivity index (χ4v) is 2.94. The van der Waals surface area contributed by atoms with Crippen molar-refractivity contribution in [3.63, 3.8) is 0 Å². The summed E-state index contributed by atoms with van der Waals surface area (Å²) < 4.78 is 1.22. The first-order chi connectivity index (χ1) is 8.22. The minimum Gasteiger partial charge on any atom is -0.369 e. The van der Waals surface area contributed by atoms with E-state index in [1.807, 2.05) is 0 Å². The van der Waals surface area contributed by atoms with Crippen molar-refractivity contribution in [2.45, 2.75) is 39.3 Å². The Morgan fingerprint density at radius 1 is 1.47 bits per heavy atom. The molecule has 1 aromatic carbocycles. The smallest absolute Gasteiger partial charge is 0.0380 e. The van der Waals surface area contributed by atoms with Gasteiger partial charge in [0, 0.05) is 29.3 Å². The molecule has 1 heterocycles. The van der Waals surface area contributed by atoms with Gasteiger partial charge in [0.25, 0.3) is 0 Å². The molecule has 1 aromatic rings. The molecule has 1 aliphatic rings. The second-order valence-electron chi connectivity index (χ2n) is 4.74. The van der Waals surface area contributed by atoms with Crippen molar-refractivity contribution in [1.82, 2.24) is 5.32 Å². The number of hydrogen-bond donors (Lipinski definition) is 1. The molecule has 0 bridgehead atoms. The van der Waals surface area contributed by atoms with Gasteiger partial charge in [-0.05, 0) is 44.0 Å². The Morgan fingerprint density at radius 2 is 2.29 bits per heavy atom. The third-order valence-electron chi connectivity index (χ3n) is 3.49. The van der Waals surface area contributed by atoms with Crippen molar-refractivity contribution in [1.29, 1.82) is 0 Å². The average Bonchev–Trinajstić information content (AvgIpc) is 2.74. The molecule has 1 N–H and O–H groups in total. The van der Waals surface area contributed by atoms with Gasteiger partial charge in [0.15, 0.2) is 0 Å². The average molecular weight is 297 g/mol. The lowest BCUT2D eigenvalue weighted by atomic mass is 10.2. The largest absolute Gasteiger partial charge is 0.369 e. The van der Waals surface area contributed by atoms with Gasteiger partial charge in [-0.1, -0.05) is 28.9 Å². The molecule has 0 saturated carbocycles. The van der Waals surface area contributed by atoms with Crippen molar-refractivity contribution in [2.75, 3.05) is 18.0 Å². The molecule has 2 nitrogen and oxygen atoms in total. The van der Waals surface area contributed by atoms with Crippen LogP contribution in [0, 0.1) is 0 Å². The molecule has 3 heteroatoms. The van der Waals surface area contributed by atoms with E-state index in [1.54, 1.807) is 0 Å². The molecule has 1 saturated heterocycles. The first-order valence-electron chi connectivity index (χ1n) is 6.48. The molecule has 0 aliphatic carbocycles. The fourth-order valence-electron chi connectivity index (χ4n) is 2.43. The second kappa shape index (κ2) is 5.87. The van der Waals surface area contributed by atoms with E-state index in [1.165, 1.54) is 35.1 Å². The molecular formula is C14H21BrN2. The molecule has 1 unspecified atom stereocenters. The highest BCUT2D eigenvalue weighted by atomic mass is 79.9. The third kappa shape index (κ3) is 3.02. The first kappa shape index (κ1) is 12.9. The van der Waals surface area contributed by atoms with E-state index in [2.05, 4.69) is 58.2 Å². The van der Waals surface area contributed by atoms with Crippen LogP contribution in [0.25, 0.3) is 0 Å². The zero-order chi connectivity index (χ0) is 12.3. The van der Waals surface area contributed by atoms with Crippen LogP contribution in [0.2, 0.25) is 0 Å². The number of nitrogens with zero attached hydrogens (tertiary/aromatic N) is 1. The minimum atomic E-state index is 0.682. The van der Waals surface area contributed by atoms with Crippen molar-refractivity contribution < 1.29 is 0 Å². The van der Waals surface area contributed by atoms with Crippen LogP contribution in [0.1, 0.15) is 32.3 Å². The molecular weight excluding hydrogens is 276 g/mol. The van der Waals surface area contributed by atoms with Crippen LogP contribution in [0.3, 0.4) is 0 Å². The van der Waals surface area contributed by atoms with Crippen LogP contribution < -0.4 is 10.2 Å². The summed E-state index contributed by atoms with van der Waals surface area (Å²) in [5.74, 6) is 0. The van der Waals surface area contributed by atoms with E-state index in [0.29, 0.717) is 6.04 Å². The topological polar surface area (TPSA) is 15.3 Å². The zero-order valence-corrected chi connectivity index (χ0v) is 12.3. The van der Waals surface area contributed by atoms with Gasteiger partial charge in [0.1, 0.15) is 0 Å². The SMILES string of the molecule is CCNCc1ccc(N2CCCC2C)cc1Br. The highest BCUT2D eigenvalue weighted by molar-refractivity contribution is 9.10. The first-order valence-corrected chi connectivity index (χ1v) is 7.27. The van der Waals surface area contributed by atoms with Gasteiger partial charge in [0.05, 0.1) is 0 Å². The molecule has 0 radical (unpaired) electrons. The van der Waals surface area contributed by atoms with Gasteiger partial charge >= 0.3 is 0 Å². The van der Waals surface area contributed by atoms with Crippen LogP contribution >= 0.6 is 15.9 Å². The Labute approximate surface area is 113 Å². The molecule has 0 aromatic heterocycles. The summed E-state index contributed by atoms with van der Waals surface area (Å²) in [6.45, 7) is 7.59. The zero-order valence-electron chi connectivity index (χ0n) is 10.7. The summed E-state index contributed by atoms with van der Waals surface area (Å²) in [7, 11) is 0. The second-order valence-corrected chi connectivity index (χ2v) is 5.60. The Kier molecular flexibility index (Phi) is 4.46. The summed E-state index contributed by atoms with van der Waals surface area (Å²) in [6.07, 6.45) is 2.63. The fraction of sp³-hybridized carbons (Fsp3) is 0.571. The lowest BCUT2D eigenvalue weighted by Crippen LogP contribution is -2.26. The predicted molar refractivity (Wildman–Crippen MR) is 77.6 cm³/mol. The van der Waals surface area contributed by atoms with Crippen molar-refractivity contribution in [3.05, 3.63) is 28.2 Å². The number of nitrogens with one attached hydrogen (secondary N) is 1. The van der Waals surface area contributed by atoms with Gasteiger partial charge in [-0.15, -0.1) is 0 Å². The number of anilines is 1. The van der Waals surface area contributed by atoms with Crippen LogP contribution in [0.5, 0.6) is 0 Å². The number of hydrogen-bond acceptors (Lipinski definition) is 2. The van der Waals surface area contributed by atoms with E-state index >= 15 is 0 Å². The van der Waals surface area contributed by atoms with Crippen molar-refractivity contribution >= 4 is 21.6 Å². The van der Waals surface area contributed by atoms with E-state index in [-0.39, 0.29) is 0 Å². The highest BCUT2D eigenvalue weighted by Crippen LogP contribution is 2.29. The maximum absolute atomic E-state index is 3.68. The molecule has 1 atom stereocenters. The van der Waals surface area contributed by atoms with E-state index in [4.69, 9.17) is 0 Å². The molecule has 0 spiro atoms. The molecule has 2 rings (SSSR count). The quantitative estimate of drug-likeness (QED) is 0.914.